The van der Waals surface area contributed by atoms with Crippen molar-refractivity contribution in [1.82, 2.24) is 10.4 Å². The minimum Gasteiger partial charge on any atom is -0.267 e. The fourth-order valence-corrected chi connectivity index (χ4v) is 2.27. The topological polar surface area (TPSA) is 97.5 Å². The summed E-state index contributed by atoms with van der Waals surface area (Å²) in [6, 6.07) is 4.80. The highest BCUT2D eigenvalue weighted by Gasteiger charge is 2.11. The molecule has 0 aliphatic carbocycles. The van der Waals surface area contributed by atoms with Crippen LogP contribution in [-0.2, 0) is 0 Å². The average molecular weight is 304 g/mol. The van der Waals surface area contributed by atoms with E-state index in [1.54, 1.807) is 19.1 Å². The number of rotatable bonds is 4. The van der Waals surface area contributed by atoms with E-state index in [1.807, 2.05) is 6.92 Å². The molecule has 0 bridgehead atoms. The molecule has 108 valence electrons. The third-order valence-corrected chi connectivity index (χ3v) is 3.68. The molecule has 2 heterocycles. The predicted octanol–water partition coefficient (Wildman–Crippen LogP) is 2.51. The van der Waals surface area contributed by atoms with Gasteiger partial charge < -0.3 is 0 Å². The summed E-state index contributed by atoms with van der Waals surface area (Å²) >= 11 is 1.20. The molecule has 0 atom stereocenters. The van der Waals surface area contributed by atoms with E-state index in [4.69, 9.17) is 0 Å². The Kier molecular flexibility index (Phi) is 4.39. The maximum atomic E-state index is 11.8. The summed E-state index contributed by atoms with van der Waals surface area (Å²) < 4.78 is 0. The van der Waals surface area contributed by atoms with Gasteiger partial charge in [0.05, 0.1) is 26.5 Å². The van der Waals surface area contributed by atoms with Crippen LogP contribution >= 0.6 is 11.3 Å². The SMILES string of the molecule is CC(=NNC(=O)c1ccc(C)nc1)c1cc([N+](=O)[O-])cs1. The van der Waals surface area contributed by atoms with Crippen molar-refractivity contribution in [3.05, 3.63) is 56.0 Å². The molecule has 21 heavy (non-hydrogen) atoms. The van der Waals surface area contributed by atoms with Crippen LogP contribution in [0.4, 0.5) is 5.69 Å². The highest BCUT2D eigenvalue weighted by molar-refractivity contribution is 7.12. The maximum Gasteiger partial charge on any atom is 0.280 e. The molecule has 0 aliphatic rings. The van der Waals surface area contributed by atoms with E-state index in [9.17, 15) is 14.9 Å². The molecular weight excluding hydrogens is 292 g/mol. The van der Waals surface area contributed by atoms with E-state index < -0.39 is 4.92 Å². The van der Waals surface area contributed by atoms with Crippen LogP contribution in [0.3, 0.4) is 0 Å². The Labute approximate surface area is 124 Å². The lowest BCUT2D eigenvalue weighted by Gasteiger charge is -2.01. The zero-order valence-electron chi connectivity index (χ0n) is 11.4. The molecule has 0 spiro atoms. The van der Waals surface area contributed by atoms with Crippen molar-refractivity contribution in [3.63, 3.8) is 0 Å². The predicted molar refractivity (Wildman–Crippen MR) is 79.6 cm³/mol. The van der Waals surface area contributed by atoms with Crippen LogP contribution in [0.1, 0.15) is 27.9 Å². The number of carbonyl (C=O) groups is 1. The van der Waals surface area contributed by atoms with Gasteiger partial charge in [0.25, 0.3) is 11.6 Å². The number of nitrogens with zero attached hydrogens (tertiary/aromatic N) is 3. The molecule has 0 aromatic carbocycles. The second-order valence-electron chi connectivity index (χ2n) is 4.25. The third kappa shape index (κ3) is 3.69. The summed E-state index contributed by atoms with van der Waals surface area (Å²) in [5.41, 5.74) is 4.13. The minimum atomic E-state index is -0.468. The van der Waals surface area contributed by atoms with Gasteiger partial charge in [-0.15, -0.1) is 11.3 Å². The molecule has 1 N–H and O–H groups in total. The standard InChI is InChI=1S/C13H12N4O3S/c1-8-3-4-10(6-14-8)13(18)16-15-9(2)12-5-11(7-21-12)17(19)20/h3-7H,1-2H3,(H,16,18). The van der Waals surface area contributed by atoms with Crippen LogP contribution in [0.25, 0.3) is 0 Å². The molecule has 2 aromatic rings. The zero-order valence-corrected chi connectivity index (χ0v) is 12.2. The summed E-state index contributed by atoms with van der Waals surface area (Å²) in [4.78, 5) is 26.6. The van der Waals surface area contributed by atoms with Gasteiger partial charge in [-0.05, 0) is 26.0 Å². The van der Waals surface area contributed by atoms with Crippen molar-refractivity contribution in [2.45, 2.75) is 13.8 Å². The van der Waals surface area contributed by atoms with Crippen LogP contribution in [0.5, 0.6) is 0 Å². The summed E-state index contributed by atoms with van der Waals surface area (Å²) in [5.74, 6) is -0.382. The second kappa shape index (κ2) is 6.23. The third-order valence-electron chi connectivity index (χ3n) is 2.65. The number of aryl methyl sites for hydroxylation is 1. The molecule has 7 nitrogen and oxygen atoms in total. The van der Waals surface area contributed by atoms with E-state index in [-0.39, 0.29) is 11.6 Å². The Morgan fingerprint density at radius 1 is 1.48 bits per heavy atom. The van der Waals surface area contributed by atoms with Gasteiger partial charge in [-0.2, -0.15) is 5.10 Å². The molecule has 0 saturated heterocycles. The zero-order chi connectivity index (χ0) is 15.4. The lowest BCUT2D eigenvalue weighted by molar-refractivity contribution is -0.384. The number of hydrogen-bond acceptors (Lipinski definition) is 6. The van der Waals surface area contributed by atoms with Crippen LogP contribution in [-0.4, -0.2) is 21.5 Å². The van der Waals surface area contributed by atoms with Gasteiger partial charge in [0.2, 0.25) is 0 Å². The van der Waals surface area contributed by atoms with Crippen LogP contribution in [0.2, 0.25) is 0 Å². The van der Waals surface area contributed by atoms with Crippen molar-refractivity contribution >= 4 is 28.6 Å². The van der Waals surface area contributed by atoms with E-state index in [0.29, 0.717) is 16.2 Å². The summed E-state index contributed by atoms with van der Waals surface area (Å²) in [6.45, 7) is 3.50. The minimum absolute atomic E-state index is 0.0126. The second-order valence-corrected chi connectivity index (χ2v) is 5.16. The molecule has 2 aromatic heterocycles. The number of hydrogen-bond donors (Lipinski definition) is 1. The Morgan fingerprint density at radius 3 is 2.81 bits per heavy atom. The van der Waals surface area contributed by atoms with Gasteiger partial charge >= 0.3 is 0 Å². The first-order chi connectivity index (χ1) is 9.97. The molecule has 0 saturated carbocycles. The Balaban J connectivity index is 2.07. The molecule has 0 radical (unpaired) electrons. The number of pyridine rings is 1. The van der Waals surface area contributed by atoms with E-state index in [0.717, 1.165) is 5.69 Å². The van der Waals surface area contributed by atoms with Crippen molar-refractivity contribution in [2.75, 3.05) is 0 Å². The first-order valence-electron chi connectivity index (χ1n) is 5.98. The fraction of sp³-hybridized carbons (Fsp3) is 0.154. The molecule has 0 unspecified atom stereocenters. The number of nitro groups is 1. The highest BCUT2D eigenvalue weighted by Crippen LogP contribution is 2.21. The normalized spacial score (nSPS) is 11.2. The van der Waals surface area contributed by atoms with Crippen LogP contribution < -0.4 is 5.43 Å². The Morgan fingerprint density at radius 2 is 2.24 bits per heavy atom. The smallest absolute Gasteiger partial charge is 0.267 e. The Hall–Kier alpha value is -2.61. The number of nitrogens with one attached hydrogen (secondary N) is 1. The largest absolute Gasteiger partial charge is 0.280 e. The number of aromatic nitrogens is 1. The quantitative estimate of drug-likeness (QED) is 0.533. The monoisotopic (exact) mass is 304 g/mol. The Bertz CT molecular complexity index is 706. The van der Waals surface area contributed by atoms with Crippen LogP contribution in [0, 0.1) is 17.0 Å². The van der Waals surface area contributed by atoms with Gasteiger partial charge in [-0.25, -0.2) is 5.43 Å². The maximum absolute atomic E-state index is 11.8. The van der Waals surface area contributed by atoms with E-state index in [2.05, 4.69) is 15.5 Å². The van der Waals surface area contributed by atoms with Gasteiger partial charge in [-0.1, -0.05) is 0 Å². The van der Waals surface area contributed by atoms with Gasteiger partial charge in [0.1, 0.15) is 0 Å². The highest BCUT2D eigenvalue weighted by atomic mass is 32.1. The molecule has 0 aliphatic heterocycles. The number of carbonyl (C=O) groups excluding carboxylic acids is 1. The van der Waals surface area contributed by atoms with Crippen molar-refractivity contribution in [1.29, 1.82) is 0 Å². The van der Waals surface area contributed by atoms with Crippen molar-refractivity contribution < 1.29 is 9.72 Å². The van der Waals surface area contributed by atoms with Crippen molar-refractivity contribution in [3.8, 4) is 0 Å². The number of amides is 1. The summed E-state index contributed by atoms with van der Waals surface area (Å²) in [5, 5.41) is 16.0. The molecule has 2 rings (SSSR count). The molecule has 8 heteroatoms. The van der Waals surface area contributed by atoms with Gasteiger partial charge in [0.15, 0.2) is 0 Å². The fourth-order valence-electron chi connectivity index (χ4n) is 1.47. The first-order valence-corrected chi connectivity index (χ1v) is 6.86. The van der Waals surface area contributed by atoms with Crippen LogP contribution in [0.15, 0.2) is 34.9 Å². The van der Waals surface area contributed by atoms with E-state index >= 15 is 0 Å². The number of thiophene rings is 1. The molecular formula is C13H12N4O3S. The number of hydrazone groups is 1. The van der Waals surface area contributed by atoms with E-state index in [1.165, 1.54) is 29.0 Å². The molecule has 0 fully saturated rings. The van der Waals surface area contributed by atoms with Gasteiger partial charge in [0, 0.05) is 18.0 Å². The van der Waals surface area contributed by atoms with Crippen molar-refractivity contribution in [2.24, 2.45) is 5.10 Å². The first kappa shape index (κ1) is 14.8. The molecule has 1 amide bonds. The lowest BCUT2D eigenvalue weighted by atomic mass is 10.2. The average Bonchev–Trinajstić information content (AvgIpc) is 2.95. The summed E-state index contributed by atoms with van der Waals surface area (Å²) in [6.07, 6.45) is 1.46. The lowest BCUT2D eigenvalue weighted by Crippen LogP contribution is -2.19. The van der Waals surface area contributed by atoms with Gasteiger partial charge in [-0.3, -0.25) is 19.9 Å². The summed E-state index contributed by atoms with van der Waals surface area (Å²) in [7, 11) is 0.